The minimum atomic E-state index is 0.770. The van der Waals surface area contributed by atoms with Crippen molar-refractivity contribution in [2.75, 3.05) is 5.73 Å². The SMILES string of the molecule is CCn1nc(C)c(Br)c1CSc1ccc(N)cc1Br. The molecule has 1 aromatic carbocycles. The maximum absolute atomic E-state index is 5.75. The summed E-state index contributed by atoms with van der Waals surface area (Å²) in [6, 6.07) is 5.89. The fourth-order valence-electron chi connectivity index (χ4n) is 1.79. The van der Waals surface area contributed by atoms with E-state index in [2.05, 4.69) is 43.9 Å². The van der Waals surface area contributed by atoms with Crippen LogP contribution < -0.4 is 5.73 Å². The Morgan fingerprint density at radius 2 is 2.11 bits per heavy atom. The zero-order valence-electron chi connectivity index (χ0n) is 10.8. The van der Waals surface area contributed by atoms with Gasteiger partial charge in [-0.3, -0.25) is 4.68 Å². The molecule has 0 bridgehead atoms. The Bertz CT molecular complexity index is 596. The lowest BCUT2D eigenvalue weighted by Crippen LogP contribution is -2.01. The van der Waals surface area contributed by atoms with E-state index >= 15 is 0 Å². The van der Waals surface area contributed by atoms with Crippen LogP contribution in [-0.4, -0.2) is 9.78 Å². The molecule has 0 saturated carbocycles. The first-order chi connectivity index (χ1) is 9.02. The highest BCUT2D eigenvalue weighted by Gasteiger charge is 2.13. The number of halogens is 2. The summed E-state index contributed by atoms with van der Waals surface area (Å²) in [4.78, 5) is 1.18. The number of nitrogen functional groups attached to an aromatic ring is 1. The Morgan fingerprint density at radius 3 is 2.74 bits per heavy atom. The molecule has 1 aromatic heterocycles. The number of nitrogens with zero attached hydrogens (tertiary/aromatic N) is 2. The third-order valence-corrected chi connectivity index (χ3v) is 5.81. The molecule has 0 spiro atoms. The monoisotopic (exact) mass is 403 g/mol. The second-order valence-corrected chi connectivity index (χ2v) is 6.80. The van der Waals surface area contributed by atoms with Gasteiger partial charge in [0.05, 0.1) is 15.9 Å². The minimum absolute atomic E-state index is 0.770. The predicted octanol–water partition coefficient (Wildman–Crippen LogP) is 4.61. The van der Waals surface area contributed by atoms with Gasteiger partial charge in [0, 0.05) is 27.4 Å². The maximum Gasteiger partial charge on any atom is 0.0739 e. The van der Waals surface area contributed by atoms with Crippen molar-refractivity contribution in [1.29, 1.82) is 0 Å². The van der Waals surface area contributed by atoms with Gasteiger partial charge in [-0.1, -0.05) is 0 Å². The Hall–Kier alpha value is -0.460. The zero-order chi connectivity index (χ0) is 14.0. The molecule has 2 rings (SSSR count). The van der Waals surface area contributed by atoms with Crippen LogP contribution in [0.2, 0.25) is 0 Å². The van der Waals surface area contributed by atoms with Gasteiger partial charge in [0.25, 0.3) is 0 Å². The van der Waals surface area contributed by atoms with E-state index in [0.717, 1.165) is 32.6 Å². The van der Waals surface area contributed by atoms with Crippen molar-refractivity contribution in [2.45, 2.75) is 31.0 Å². The molecule has 6 heteroatoms. The van der Waals surface area contributed by atoms with Gasteiger partial charge in [0.2, 0.25) is 0 Å². The van der Waals surface area contributed by atoms with Crippen LogP contribution in [0.4, 0.5) is 5.69 Å². The molecule has 0 atom stereocenters. The van der Waals surface area contributed by atoms with Crippen molar-refractivity contribution in [3.8, 4) is 0 Å². The van der Waals surface area contributed by atoms with Crippen LogP contribution >= 0.6 is 43.6 Å². The summed E-state index contributed by atoms with van der Waals surface area (Å²) in [5.74, 6) is 0.873. The molecule has 2 aromatic rings. The molecule has 0 aliphatic heterocycles. The van der Waals surface area contributed by atoms with Gasteiger partial charge in [-0.15, -0.1) is 11.8 Å². The third-order valence-electron chi connectivity index (χ3n) is 2.77. The minimum Gasteiger partial charge on any atom is -0.399 e. The van der Waals surface area contributed by atoms with Gasteiger partial charge in [0.1, 0.15) is 0 Å². The van der Waals surface area contributed by atoms with Crippen LogP contribution in [0.3, 0.4) is 0 Å². The Labute approximate surface area is 134 Å². The summed E-state index contributed by atoms with van der Waals surface area (Å²) in [7, 11) is 0. The van der Waals surface area contributed by atoms with Crippen LogP contribution in [0.1, 0.15) is 18.3 Å². The fraction of sp³-hybridized carbons (Fsp3) is 0.308. The van der Waals surface area contributed by atoms with Gasteiger partial charge < -0.3 is 5.73 Å². The lowest BCUT2D eigenvalue weighted by Gasteiger charge is -2.07. The highest BCUT2D eigenvalue weighted by atomic mass is 79.9. The Kier molecular flexibility index (Phi) is 4.97. The van der Waals surface area contributed by atoms with Crippen molar-refractivity contribution in [1.82, 2.24) is 9.78 Å². The van der Waals surface area contributed by atoms with Crippen molar-refractivity contribution >= 4 is 49.3 Å². The van der Waals surface area contributed by atoms with Gasteiger partial charge in [0.15, 0.2) is 0 Å². The zero-order valence-corrected chi connectivity index (χ0v) is 14.8. The summed E-state index contributed by atoms with van der Waals surface area (Å²) in [6.45, 7) is 5.00. The number of benzene rings is 1. The first kappa shape index (κ1) is 14.9. The van der Waals surface area contributed by atoms with Gasteiger partial charge in [-0.25, -0.2) is 0 Å². The number of nitrogens with two attached hydrogens (primary N) is 1. The lowest BCUT2D eigenvalue weighted by atomic mass is 10.3. The molecule has 2 N–H and O–H groups in total. The van der Waals surface area contributed by atoms with E-state index in [1.165, 1.54) is 10.6 Å². The van der Waals surface area contributed by atoms with E-state index in [9.17, 15) is 0 Å². The molecule has 1 heterocycles. The average Bonchev–Trinajstić information content (AvgIpc) is 2.65. The molecule has 0 saturated heterocycles. The first-order valence-electron chi connectivity index (χ1n) is 5.92. The maximum atomic E-state index is 5.75. The quantitative estimate of drug-likeness (QED) is 0.597. The smallest absolute Gasteiger partial charge is 0.0739 e. The number of hydrogen-bond donors (Lipinski definition) is 1. The topological polar surface area (TPSA) is 43.8 Å². The number of rotatable bonds is 4. The van der Waals surface area contributed by atoms with Crippen LogP contribution in [-0.2, 0) is 12.3 Å². The van der Waals surface area contributed by atoms with Crippen molar-refractivity contribution in [3.63, 3.8) is 0 Å². The summed E-state index contributed by atoms with van der Waals surface area (Å²) >= 11 is 8.93. The molecular formula is C13H15Br2N3S. The van der Waals surface area contributed by atoms with E-state index in [1.807, 2.05) is 29.8 Å². The highest BCUT2D eigenvalue weighted by molar-refractivity contribution is 9.10. The largest absolute Gasteiger partial charge is 0.399 e. The van der Waals surface area contributed by atoms with Crippen LogP contribution in [0.15, 0.2) is 32.0 Å². The second kappa shape index (κ2) is 6.33. The van der Waals surface area contributed by atoms with E-state index in [4.69, 9.17) is 5.73 Å². The highest BCUT2D eigenvalue weighted by Crippen LogP contribution is 2.33. The summed E-state index contributed by atoms with van der Waals surface area (Å²) in [6.07, 6.45) is 0. The van der Waals surface area contributed by atoms with Crippen molar-refractivity contribution in [3.05, 3.63) is 38.5 Å². The first-order valence-corrected chi connectivity index (χ1v) is 8.49. The molecule has 102 valence electrons. The Morgan fingerprint density at radius 1 is 1.37 bits per heavy atom. The summed E-state index contributed by atoms with van der Waals surface area (Å²) in [5.41, 5.74) is 8.77. The van der Waals surface area contributed by atoms with Gasteiger partial charge in [-0.2, -0.15) is 5.10 Å². The molecular weight excluding hydrogens is 390 g/mol. The number of aryl methyl sites for hydroxylation is 2. The molecule has 0 amide bonds. The lowest BCUT2D eigenvalue weighted by molar-refractivity contribution is 0.631. The van der Waals surface area contributed by atoms with E-state index < -0.39 is 0 Å². The second-order valence-electron chi connectivity index (χ2n) is 4.14. The van der Waals surface area contributed by atoms with Crippen LogP contribution in [0.5, 0.6) is 0 Å². The molecule has 0 fully saturated rings. The van der Waals surface area contributed by atoms with E-state index in [0.29, 0.717) is 0 Å². The van der Waals surface area contributed by atoms with Crippen molar-refractivity contribution in [2.24, 2.45) is 0 Å². The summed E-state index contributed by atoms with van der Waals surface area (Å²) in [5, 5.41) is 4.50. The normalized spacial score (nSPS) is 10.9. The Balaban J connectivity index is 2.18. The van der Waals surface area contributed by atoms with Crippen LogP contribution in [0, 0.1) is 6.92 Å². The number of hydrogen-bond acceptors (Lipinski definition) is 3. The van der Waals surface area contributed by atoms with Crippen LogP contribution in [0.25, 0.3) is 0 Å². The molecule has 3 nitrogen and oxygen atoms in total. The number of aromatic nitrogens is 2. The molecule has 0 aliphatic rings. The molecule has 0 aliphatic carbocycles. The molecule has 0 radical (unpaired) electrons. The summed E-state index contributed by atoms with van der Waals surface area (Å²) < 4.78 is 4.18. The van der Waals surface area contributed by atoms with Gasteiger partial charge in [-0.05, 0) is 63.9 Å². The van der Waals surface area contributed by atoms with E-state index in [-0.39, 0.29) is 0 Å². The third kappa shape index (κ3) is 3.35. The predicted molar refractivity (Wildman–Crippen MR) is 88.5 cm³/mol. The molecule has 19 heavy (non-hydrogen) atoms. The number of thioether (sulfide) groups is 1. The number of anilines is 1. The van der Waals surface area contributed by atoms with Gasteiger partial charge >= 0.3 is 0 Å². The molecule has 0 unspecified atom stereocenters. The fourth-order valence-corrected chi connectivity index (χ4v) is 4.08. The van der Waals surface area contributed by atoms with E-state index in [1.54, 1.807) is 11.8 Å². The average molecular weight is 405 g/mol. The van der Waals surface area contributed by atoms with Crippen molar-refractivity contribution < 1.29 is 0 Å². The standard InChI is InChI=1S/C13H15Br2N3S/c1-3-18-11(13(15)8(2)17-18)7-19-12-5-4-9(16)6-10(12)14/h4-6H,3,7,16H2,1-2H3.